The number of aromatic nitrogens is 2. The van der Waals surface area contributed by atoms with Crippen LogP contribution in [0.3, 0.4) is 0 Å². The molecule has 0 fully saturated rings. The number of carbonyl (C=O) groups is 1. The molecule has 3 rings (SSSR count). The second kappa shape index (κ2) is 7.61. The van der Waals surface area contributed by atoms with Crippen molar-refractivity contribution in [2.45, 2.75) is 20.3 Å². The summed E-state index contributed by atoms with van der Waals surface area (Å²) in [5.41, 5.74) is 2.74. The van der Waals surface area contributed by atoms with E-state index < -0.39 is 0 Å². The van der Waals surface area contributed by atoms with Gasteiger partial charge in [0, 0.05) is 5.69 Å². The molecule has 0 spiro atoms. The highest BCUT2D eigenvalue weighted by Crippen LogP contribution is 2.19. The maximum atomic E-state index is 12.2. The van der Waals surface area contributed by atoms with Gasteiger partial charge in [0.15, 0.2) is 12.4 Å². The fourth-order valence-corrected chi connectivity index (χ4v) is 2.34. The summed E-state index contributed by atoms with van der Waals surface area (Å²) < 4.78 is 10.6. The van der Waals surface area contributed by atoms with E-state index in [0.29, 0.717) is 29.6 Å². The van der Waals surface area contributed by atoms with Crippen molar-refractivity contribution in [1.29, 1.82) is 0 Å². The zero-order chi connectivity index (χ0) is 17.6. The lowest BCUT2D eigenvalue weighted by atomic mass is 10.1. The minimum absolute atomic E-state index is 0.0585. The van der Waals surface area contributed by atoms with E-state index in [0.717, 1.165) is 11.1 Å². The minimum Gasteiger partial charge on any atom is -0.484 e. The van der Waals surface area contributed by atoms with Crippen molar-refractivity contribution < 1.29 is 14.1 Å². The summed E-state index contributed by atoms with van der Waals surface area (Å²) in [6.07, 6.45) is 0.454. The lowest BCUT2D eigenvalue weighted by Gasteiger charge is -2.11. The van der Waals surface area contributed by atoms with E-state index in [1.54, 1.807) is 6.92 Å². The summed E-state index contributed by atoms with van der Waals surface area (Å²) in [7, 11) is 0. The van der Waals surface area contributed by atoms with Gasteiger partial charge in [0.1, 0.15) is 5.75 Å². The lowest BCUT2D eigenvalue weighted by Crippen LogP contribution is -2.21. The van der Waals surface area contributed by atoms with Gasteiger partial charge in [0.25, 0.3) is 5.91 Å². The molecule has 0 aliphatic carbocycles. The molecule has 3 aromatic rings. The monoisotopic (exact) mass is 337 g/mol. The Morgan fingerprint density at radius 2 is 1.88 bits per heavy atom. The molecule has 1 heterocycles. The second-order valence-corrected chi connectivity index (χ2v) is 5.72. The quantitative estimate of drug-likeness (QED) is 0.747. The van der Waals surface area contributed by atoms with E-state index >= 15 is 0 Å². The van der Waals surface area contributed by atoms with Crippen LogP contribution in [0, 0.1) is 13.8 Å². The number of amides is 1. The average molecular weight is 337 g/mol. The van der Waals surface area contributed by atoms with Gasteiger partial charge in [-0.05, 0) is 37.6 Å². The third kappa shape index (κ3) is 4.67. The number of aryl methyl sites for hydroxylation is 2. The van der Waals surface area contributed by atoms with Gasteiger partial charge < -0.3 is 14.6 Å². The Kier molecular flexibility index (Phi) is 5.09. The molecule has 1 amide bonds. The summed E-state index contributed by atoms with van der Waals surface area (Å²) in [6, 6.07) is 15.1. The van der Waals surface area contributed by atoms with Crippen LogP contribution in [0.4, 0.5) is 5.69 Å². The van der Waals surface area contributed by atoms with Crippen LogP contribution in [0.2, 0.25) is 0 Å². The van der Waals surface area contributed by atoms with Crippen LogP contribution < -0.4 is 10.1 Å². The van der Waals surface area contributed by atoms with E-state index in [-0.39, 0.29) is 12.5 Å². The van der Waals surface area contributed by atoms with Crippen LogP contribution in [-0.2, 0) is 11.2 Å². The average Bonchev–Trinajstić information content (AvgIpc) is 3.01. The third-order valence-electron chi connectivity index (χ3n) is 3.59. The molecule has 0 radical (unpaired) electrons. The lowest BCUT2D eigenvalue weighted by molar-refractivity contribution is -0.118. The van der Waals surface area contributed by atoms with Crippen LogP contribution in [0.1, 0.15) is 22.8 Å². The number of nitrogens with one attached hydrogen (secondary N) is 1. The van der Waals surface area contributed by atoms with Crippen molar-refractivity contribution in [1.82, 2.24) is 10.1 Å². The molecule has 1 N–H and O–H groups in total. The summed E-state index contributed by atoms with van der Waals surface area (Å²) in [5.74, 6) is 1.53. The predicted molar refractivity (Wildman–Crippen MR) is 93.6 cm³/mol. The Hall–Kier alpha value is -3.15. The fourth-order valence-electron chi connectivity index (χ4n) is 2.34. The molecule has 0 atom stereocenters. The number of benzene rings is 2. The number of anilines is 1. The van der Waals surface area contributed by atoms with Crippen molar-refractivity contribution in [3.05, 3.63) is 71.4 Å². The first-order valence-corrected chi connectivity index (χ1v) is 7.96. The van der Waals surface area contributed by atoms with Crippen LogP contribution >= 0.6 is 0 Å². The Labute approximate surface area is 145 Å². The molecule has 25 heavy (non-hydrogen) atoms. The van der Waals surface area contributed by atoms with Crippen LogP contribution in [0.5, 0.6) is 5.75 Å². The highest BCUT2D eigenvalue weighted by Gasteiger charge is 2.11. The summed E-state index contributed by atoms with van der Waals surface area (Å²) in [4.78, 5) is 16.4. The van der Waals surface area contributed by atoms with Crippen molar-refractivity contribution >= 4 is 11.6 Å². The molecular weight excluding hydrogens is 318 g/mol. The van der Waals surface area contributed by atoms with E-state index in [4.69, 9.17) is 9.26 Å². The summed E-state index contributed by atoms with van der Waals surface area (Å²) in [6.45, 7) is 3.71. The Balaban J connectivity index is 1.61. The first-order valence-electron chi connectivity index (χ1n) is 7.96. The maximum Gasteiger partial charge on any atom is 0.262 e. The van der Waals surface area contributed by atoms with Crippen molar-refractivity contribution in [2.75, 3.05) is 11.9 Å². The molecule has 1 aromatic heterocycles. The first-order chi connectivity index (χ1) is 12.1. The zero-order valence-electron chi connectivity index (χ0n) is 14.2. The zero-order valence-corrected chi connectivity index (χ0v) is 14.2. The number of rotatable bonds is 6. The van der Waals surface area contributed by atoms with E-state index in [1.807, 2.05) is 55.5 Å². The largest absolute Gasteiger partial charge is 0.484 e. The van der Waals surface area contributed by atoms with Crippen molar-refractivity contribution in [2.24, 2.45) is 0 Å². The molecule has 2 aromatic carbocycles. The van der Waals surface area contributed by atoms with E-state index in [2.05, 4.69) is 15.5 Å². The van der Waals surface area contributed by atoms with Crippen LogP contribution in [-0.4, -0.2) is 22.7 Å². The molecule has 0 aliphatic heterocycles. The fraction of sp³-hybridized carbons (Fsp3) is 0.211. The first kappa shape index (κ1) is 16.7. The van der Waals surface area contributed by atoms with Crippen molar-refractivity contribution in [3.8, 4) is 5.75 Å². The second-order valence-electron chi connectivity index (χ2n) is 5.72. The Morgan fingerprint density at radius 1 is 1.12 bits per heavy atom. The van der Waals surface area contributed by atoms with Crippen molar-refractivity contribution in [3.63, 3.8) is 0 Å². The maximum absolute atomic E-state index is 12.2. The smallest absolute Gasteiger partial charge is 0.262 e. The highest BCUT2D eigenvalue weighted by molar-refractivity contribution is 5.92. The highest BCUT2D eigenvalue weighted by atomic mass is 16.5. The summed E-state index contributed by atoms with van der Waals surface area (Å²) >= 11 is 0. The number of hydrogen-bond donors (Lipinski definition) is 1. The third-order valence-corrected chi connectivity index (χ3v) is 3.59. The number of para-hydroxylation sites is 1. The van der Waals surface area contributed by atoms with Gasteiger partial charge in [0.2, 0.25) is 5.89 Å². The molecule has 0 unspecified atom stereocenters. The SMILES string of the molecule is Cc1ccc(OCC(=O)Nc2ccccc2Cc2nc(C)no2)cc1. The van der Waals surface area contributed by atoms with Gasteiger partial charge in [-0.25, -0.2) is 0 Å². The van der Waals surface area contributed by atoms with Crippen LogP contribution in [0.25, 0.3) is 0 Å². The standard InChI is InChI=1S/C19H19N3O3/c1-13-7-9-16(10-8-13)24-12-18(23)21-17-6-4-3-5-15(17)11-19-20-14(2)22-25-19/h3-10H,11-12H2,1-2H3,(H,21,23). The molecule has 0 bridgehead atoms. The van der Waals surface area contributed by atoms with Gasteiger partial charge in [-0.1, -0.05) is 41.1 Å². The molecular formula is C19H19N3O3. The predicted octanol–water partition coefficient (Wildman–Crippen LogP) is 3.29. The molecule has 128 valence electrons. The number of nitrogens with zero attached hydrogens (tertiary/aromatic N) is 2. The number of ether oxygens (including phenoxy) is 1. The Morgan fingerprint density at radius 3 is 2.60 bits per heavy atom. The molecule has 0 saturated heterocycles. The normalized spacial score (nSPS) is 10.5. The minimum atomic E-state index is -0.227. The molecule has 0 saturated carbocycles. The van der Waals surface area contributed by atoms with Crippen LogP contribution in [0.15, 0.2) is 53.1 Å². The molecule has 6 heteroatoms. The van der Waals surface area contributed by atoms with E-state index in [1.165, 1.54) is 0 Å². The molecule has 6 nitrogen and oxygen atoms in total. The molecule has 0 aliphatic rings. The van der Waals surface area contributed by atoms with Gasteiger partial charge in [-0.3, -0.25) is 4.79 Å². The number of hydrogen-bond acceptors (Lipinski definition) is 5. The van der Waals surface area contributed by atoms with Gasteiger partial charge in [-0.2, -0.15) is 4.98 Å². The van der Waals surface area contributed by atoms with Gasteiger partial charge >= 0.3 is 0 Å². The number of carbonyl (C=O) groups excluding carboxylic acids is 1. The topological polar surface area (TPSA) is 77.2 Å². The van der Waals surface area contributed by atoms with Gasteiger partial charge in [0.05, 0.1) is 6.42 Å². The van der Waals surface area contributed by atoms with E-state index in [9.17, 15) is 4.79 Å². The van der Waals surface area contributed by atoms with Gasteiger partial charge in [-0.15, -0.1) is 0 Å². The Bertz CT molecular complexity index is 856. The summed E-state index contributed by atoms with van der Waals surface area (Å²) in [5, 5.41) is 6.64.